The van der Waals surface area contributed by atoms with E-state index in [1.54, 1.807) is 0 Å². The van der Waals surface area contributed by atoms with E-state index in [1.807, 2.05) is 0 Å². The molecule has 1 aromatic carbocycles. The molecule has 1 aromatic rings. The Kier molecular flexibility index (Phi) is 4.28. The summed E-state index contributed by atoms with van der Waals surface area (Å²) in [5.41, 5.74) is 4.08. The molecule has 0 aromatic heterocycles. The lowest BCUT2D eigenvalue weighted by Crippen LogP contribution is -2.47. The molecule has 1 saturated heterocycles. The number of nitrogens with one attached hydrogen (secondary N) is 1. The molecule has 2 unspecified atom stereocenters. The highest BCUT2D eigenvalue weighted by Crippen LogP contribution is 2.22. The fraction of sp³-hybridized carbons (Fsp3) is 0.625. The van der Waals surface area contributed by atoms with Crippen molar-refractivity contribution in [2.45, 2.75) is 39.7 Å². The third-order valence-corrected chi connectivity index (χ3v) is 4.16. The summed E-state index contributed by atoms with van der Waals surface area (Å²) in [6.07, 6.45) is 2.68. The summed E-state index contributed by atoms with van der Waals surface area (Å²) < 4.78 is 0. The Balaban J connectivity index is 2.04. The molecule has 0 amide bonds. The monoisotopic (exact) mass is 246 g/mol. The first-order valence-electron chi connectivity index (χ1n) is 7.09. The highest BCUT2D eigenvalue weighted by molar-refractivity contribution is 5.53. The van der Waals surface area contributed by atoms with Crippen molar-refractivity contribution in [3.63, 3.8) is 0 Å². The first-order valence-corrected chi connectivity index (χ1v) is 7.09. The van der Waals surface area contributed by atoms with Crippen LogP contribution in [0.15, 0.2) is 18.2 Å². The summed E-state index contributed by atoms with van der Waals surface area (Å²) in [4.78, 5) is 2.40. The van der Waals surface area contributed by atoms with E-state index in [9.17, 15) is 0 Å². The Bertz CT molecular complexity index is 400. The average molecular weight is 246 g/mol. The van der Waals surface area contributed by atoms with Gasteiger partial charge in [-0.1, -0.05) is 24.6 Å². The van der Waals surface area contributed by atoms with E-state index in [0.717, 1.165) is 12.5 Å². The minimum Gasteiger partial charge on any atom is -0.373 e. The van der Waals surface area contributed by atoms with Gasteiger partial charge < -0.3 is 10.2 Å². The maximum Gasteiger partial charge on any atom is 0.0394 e. The second-order valence-corrected chi connectivity index (χ2v) is 5.85. The maximum atomic E-state index is 3.66. The van der Waals surface area contributed by atoms with Gasteiger partial charge in [0.15, 0.2) is 0 Å². The second-order valence-electron chi connectivity index (χ2n) is 5.85. The van der Waals surface area contributed by atoms with Gasteiger partial charge in [0.25, 0.3) is 0 Å². The number of likely N-dealkylation sites (N-methyl/N-ethyl adjacent to an activating group) is 1. The topological polar surface area (TPSA) is 15.3 Å². The lowest BCUT2D eigenvalue weighted by atomic mass is 9.92. The Morgan fingerprint density at radius 1 is 1.33 bits per heavy atom. The van der Waals surface area contributed by atoms with Crippen molar-refractivity contribution >= 4 is 5.69 Å². The number of aryl methyl sites for hydroxylation is 2. The van der Waals surface area contributed by atoms with Gasteiger partial charge in [0.05, 0.1) is 0 Å². The van der Waals surface area contributed by atoms with Gasteiger partial charge in [0.2, 0.25) is 0 Å². The molecule has 0 aliphatic carbocycles. The molecule has 1 N–H and O–H groups in total. The van der Waals surface area contributed by atoms with Gasteiger partial charge in [-0.3, -0.25) is 0 Å². The third-order valence-electron chi connectivity index (χ3n) is 4.16. The van der Waals surface area contributed by atoms with E-state index >= 15 is 0 Å². The fourth-order valence-corrected chi connectivity index (χ4v) is 2.99. The van der Waals surface area contributed by atoms with Crippen molar-refractivity contribution in [2.75, 3.05) is 25.0 Å². The molecule has 0 saturated carbocycles. The first-order chi connectivity index (χ1) is 8.58. The summed E-state index contributed by atoms with van der Waals surface area (Å²) in [5, 5.41) is 3.66. The lowest BCUT2D eigenvalue weighted by molar-refractivity contribution is 0.303. The Hall–Kier alpha value is -1.02. The van der Waals surface area contributed by atoms with Crippen LogP contribution in [-0.4, -0.2) is 26.2 Å². The fourth-order valence-electron chi connectivity index (χ4n) is 2.99. The van der Waals surface area contributed by atoms with Crippen LogP contribution in [0.2, 0.25) is 0 Å². The van der Waals surface area contributed by atoms with Crippen LogP contribution in [0.4, 0.5) is 5.69 Å². The van der Waals surface area contributed by atoms with Gasteiger partial charge in [0, 0.05) is 25.3 Å². The van der Waals surface area contributed by atoms with E-state index in [4.69, 9.17) is 0 Å². The van der Waals surface area contributed by atoms with Crippen LogP contribution in [0, 0.1) is 19.8 Å². The number of hydrogen-bond acceptors (Lipinski definition) is 2. The number of piperidine rings is 1. The summed E-state index contributed by atoms with van der Waals surface area (Å²) in [5.74, 6) is 0.784. The van der Waals surface area contributed by atoms with E-state index in [1.165, 1.54) is 36.2 Å². The quantitative estimate of drug-likeness (QED) is 0.881. The highest BCUT2D eigenvalue weighted by Gasteiger charge is 2.22. The molecule has 0 bridgehead atoms. The molecule has 1 heterocycles. The van der Waals surface area contributed by atoms with Crippen molar-refractivity contribution < 1.29 is 0 Å². The van der Waals surface area contributed by atoms with Crippen LogP contribution in [-0.2, 0) is 0 Å². The number of nitrogens with zero attached hydrogens (tertiary/aromatic N) is 1. The minimum absolute atomic E-state index is 0.629. The molecule has 2 atom stereocenters. The molecule has 0 radical (unpaired) electrons. The molecule has 2 heteroatoms. The van der Waals surface area contributed by atoms with Crippen LogP contribution < -0.4 is 10.2 Å². The van der Waals surface area contributed by atoms with Crippen molar-refractivity contribution in [1.82, 2.24) is 5.32 Å². The molecule has 0 spiro atoms. The second kappa shape index (κ2) is 5.75. The van der Waals surface area contributed by atoms with Crippen molar-refractivity contribution in [3.8, 4) is 0 Å². The maximum absolute atomic E-state index is 3.66. The molecule has 100 valence electrons. The van der Waals surface area contributed by atoms with Gasteiger partial charge in [-0.15, -0.1) is 0 Å². The molecule has 1 aliphatic rings. The van der Waals surface area contributed by atoms with Crippen LogP contribution in [0.3, 0.4) is 0 Å². The van der Waals surface area contributed by atoms with Gasteiger partial charge in [0.1, 0.15) is 0 Å². The SMILES string of the molecule is Cc1ccc(N(C)CC2NCCCC2C)c(C)c1. The van der Waals surface area contributed by atoms with E-state index < -0.39 is 0 Å². The Morgan fingerprint density at radius 2 is 2.11 bits per heavy atom. The zero-order valence-corrected chi connectivity index (χ0v) is 12.2. The molecular formula is C16H26N2. The van der Waals surface area contributed by atoms with E-state index in [2.05, 4.69) is 56.2 Å². The predicted molar refractivity (Wildman–Crippen MR) is 79.4 cm³/mol. The predicted octanol–water partition coefficient (Wildman–Crippen LogP) is 3.13. The van der Waals surface area contributed by atoms with Crippen LogP contribution in [0.25, 0.3) is 0 Å². The van der Waals surface area contributed by atoms with Crippen LogP contribution >= 0.6 is 0 Å². The molecule has 2 nitrogen and oxygen atoms in total. The first kappa shape index (κ1) is 13.4. The summed E-state index contributed by atoms with van der Waals surface area (Å²) >= 11 is 0. The van der Waals surface area contributed by atoms with E-state index in [-0.39, 0.29) is 0 Å². The zero-order valence-electron chi connectivity index (χ0n) is 12.2. The normalized spacial score (nSPS) is 24.0. The Morgan fingerprint density at radius 3 is 2.78 bits per heavy atom. The van der Waals surface area contributed by atoms with Gasteiger partial charge in [-0.2, -0.15) is 0 Å². The van der Waals surface area contributed by atoms with Crippen LogP contribution in [0.1, 0.15) is 30.9 Å². The molecule has 18 heavy (non-hydrogen) atoms. The molecule has 2 rings (SSSR count). The standard InChI is InChI=1S/C16H26N2/c1-12-7-8-16(14(3)10-12)18(4)11-15-13(2)6-5-9-17-15/h7-8,10,13,15,17H,5-6,9,11H2,1-4H3. The number of hydrogen-bond donors (Lipinski definition) is 1. The number of anilines is 1. The smallest absolute Gasteiger partial charge is 0.0394 e. The highest BCUT2D eigenvalue weighted by atomic mass is 15.1. The molecule has 1 aliphatic heterocycles. The van der Waals surface area contributed by atoms with Crippen LogP contribution in [0.5, 0.6) is 0 Å². The molecule has 1 fully saturated rings. The molecular weight excluding hydrogens is 220 g/mol. The summed E-state index contributed by atoms with van der Waals surface area (Å²) in [7, 11) is 2.21. The van der Waals surface area contributed by atoms with E-state index in [0.29, 0.717) is 6.04 Å². The largest absolute Gasteiger partial charge is 0.373 e. The number of benzene rings is 1. The Labute approximate surface area is 111 Å². The third kappa shape index (κ3) is 3.05. The van der Waals surface area contributed by atoms with Crippen molar-refractivity contribution in [1.29, 1.82) is 0 Å². The summed E-state index contributed by atoms with van der Waals surface area (Å²) in [6, 6.07) is 7.35. The van der Waals surface area contributed by atoms with Gasteiger partial charge >= 0.3 is 0 Å². The average Bonchev–Trinajstić information content (AvgIpc) is 2.32. The van der Waals surface area contributed by atoms with Gasteiger partial charge in [-0.25, -0.2) is 0 Å². The van der Waals surface area contributed by atoms with Crippen molar-refractivity contribution in [2.24, 2.45) is 5.92 Å². The van der Waals surface area contributed by atoms with Gasteiger partial charge in [-0.05, 0) is 50.8 Å². The minimum atomic E-state index is 0.629. The summed E-state index contributed by atoms with van der Waals surface area (Å²) in [6.45, 7) is 9.01. The number of rotatable bonds is 3. The van der Waals surface area contributed by atoms with Crippen molar-refractivity contribution in [3.05, 3.63) is 29.3 Å². The zero-order chi connectivity index (χ0) is 13.1. The lowest BCUT2D eigenvalue weighted by Gasteiger charge is -2.34.